The summed E-state index contributed by atoms with van der Waals surface area (Å²) in [7, 11) is 1.63. The predicted octanol–water partition coefficient (Wildman–Crippen LogP) is 1.66. The summed E-state index contributed by atoms with van der Waals surface area (Å²) in [6, 6.07) is 7.90. The zero-order valence-electron chi connectivity index (χ0n) is 15.4. The molecule has 2 saturated heterocycles. The lowest BCUT2D eigenvalue weighted by Gasteiger charge is -2.25. The van der Waals surface area contributed by atoms with Crippen molar-refractivity contribution in [3.63, 3.8) is 0 Å². The zero-order valence-corrected chi connectivity index (χ0v) is 16.2. The van der Waals surface area contributed by atoms with Gasteiger partial charge in [0, 0.05) is 32.1 Å². The lowest BCUT2D eigenvalue weighted by Crippen LogP contribution is -2.39. The molecule has 0 aliphatic carbocycles. The number of ether oxygens (including phenoxy) is 1. The number of amides is 2. The van der Waals surface area contributed by atoms with Crippen LogP contribution < -0.4 is 10.5 Å². The van der Waals surface area contributed by atoms with E-state index in [1.165, 1.54) is 0 Å². The molecule has 144 valence electrons. The Kier molecular flexibility index (Phi) is 6.89. The van der Waals surface area contributed by atoms with Gasteiger partial charge < -0.3 is 20.3 Å². The maximum atomic E-state index is 12.8. The minimum Gasteiger partial charge on any atom is -0.497 e. The Morgan fingerprint density at radius 1 is 1.27 bits per heavy atom. The Labute approximate surface area is 161 Å². The second-order valence-corrected chi connectivity index (χ2v) is 7.20. The van der Waals surface area contributed by atoms with Gasteiger partial charge in [-0.3, -0.25) is 9.59 Å². The molecule has 0 saturated carbocycles. The van der Waals surface area contributed by atoms with E-state index >= 15 is 0 Å². The zero-order chi connectivity index (χ0) is 18.0. The number of hydrogen-bond acceptors (Lipinski definition) is 4. The summed E-state index contributed by atoms with van der Waals surface area (Å²) in [6.45, 7) is 4.44. The van der Waals surface area contributed by atoms with Crippen molar-refractivity contribution in [3.8, 4) is 5.75 Å². The highest BCUT2D eigenvalue weighted by Gasteiger charge is 2.40. The molecule has 2 aliphatic rings. The molecule has 2 fully saturated rings. The van der Waals surface area contributed by atoms with Crippen molar-refractivity contribution < 1.29 is 14.3 Å². The lowest BCUT2D eigenvalue weighted by molar-refractivity contribution is -0.136. The van der Waals surface area contributed by atoms with Crippen LogP contribution in [0.15, 0.2) is 24.3 Å². The fraction of sp³-hybridized carbons (Fsp3) is 0.579. The van der Waals surface area contributed by atoms with Crippen molar-refractivity contribution in [3.05, 3.63) is 29.8 Å². The van der Waals surface area contributed by atoms with Gasteiger partial charge in [-0.15, -0.1) is 12.4 Å². The molecule has 2 N–H and O–H groups in total. The highest BCUT2D eigenvalue weighted by atomic mass is 35.5. The Morgan fingerprint density at radius 2 is 1.96 bits per heavy atom. The molecule has 6 nitrogen and oxygen atoms in total. The van der Waals surface area contributed by atoms with Crippen molar-refractivity contribution in [2.45, 2.75) is 32.4 Å². The maximum absolute atomic E-state index is 12.8. The Bertz CT molecular complexity index is 637. The molecule has 1 aromatic carbocycles. The van der Waals surface area contributed by atoms with E-state index in [1.54, 1.807) is 12.0 Å². The fourth-order valence-corrected chi connectivity index (χ4v) is 3.90. The van der Waals surface area contributed by atoms with Crippen LogP contribution in [0, 0.1) is 11.8 Å². The summed E-state index contributed by atoms with van der Waals surface area (Å²) in [5, 5.41) is 0. The van der Waals surface area contributed by atoms with Gasteiger partial charge in [0.15, 0.2) is 0 Å². The second kappa shape index (κ2) is 8.73. The molecule has 0 aromatic heterocycles. The molecule has 26 heavy (non-hydrogen) atoms. The van der Waals surface area contributed by atoms with E-state index in [-0.39, 0.29) is 36.2 Å². The van der Waals surface area contributed by atoms with Gasteiger partial charge in [0.05, 0.1) is 13.0 Å². The van der Waals surface area contributed by atoms with E-state index in [9.17, 15) is 9.59 Å². The van der Waals surface area contributed by atoms with Crippen LogP contribution in [0.4, 0.5) is 0 Å². The van der Waals surface area contributed by atoms with Gasteiger partial charge in [-0.1, -0.05) is 12.1 Å². The number of carbonyl (C=O) groups excluding carboxylic acids is 2. The van der Waals surface area contributed by atoms with Crippen LogP contribution in [0.25, 0.3) is 0 Å². The molecular formula is C19H28ClN3O3. The van der Waals surface area contributed by atoms with E-state index < -0.39 is 0 Å². The first-order valence-corrected chi connectivity index (χ1v) is 8.93. The average molecular weight is 382 g/mol. The van der Waals surface area contributed by atoms with Gasteiger partial charge in [-0.05, 0) is 43.5 Å². The Hall–Kier alpha value is -1.79. The van der Waals surface area contributed by atoms with Crippen molar-refractivity contribution in [1.29, 1.82) is 0 Å². The number of nitrogens with zero attached hydrogens (tertiary/aromatic N) is 2. The number of halogens is 1. The maximum Gasteiger partial charge on any atom is 0.228 e. The molecule has 7 heteroatoms. The van der Waals surface area contributed by atoms with Crippen molar-refractivity contribution in [2.75, 3.05) is 26.7 Å². The van der Waals surface area contributed by atoms with Crippen LogP contribution >= 0.6 is 12.4 Å². The number of methoxy groups -OCH3 is 1. The van der Waals surface area contributed by atoms with Gasteiger partial charge in [0.2, 0.25) is 11.8 Å². The fourth-order valence-electron chi connectivity index (χ4n) is 3.90. The van der Waals surface area contributed by atoms with Gasteiger partial charge >= 0.3 is 0 Å². The smallest absolute Gasteiger partial charge is 0.228 e. The highest BCUT2D eigenvalue weighted by Crippen LogP contribution is 2.28. The molecule has 3 rings (SSSR count). The summed E-state index contributed by atoms with van der Waals surface area (Å²) in [4.78, 5) is 28.9. The summed E-state index contributed by atoms with van der Waals surface area (Å²) in [6.07, 6.45) is 1.27. The molecule has 0 bridgehead atoms. The SMILES string of the molecule is COc1ccc(CN2CC(C(=O)N3CC(CN)CC3C)CC2=O)cc1.Cl. The minimum absolute atomic E-state index is 0. The number of hydrogen-bond donors (Lipinski definition) is 1. The molecule has 2 aliphatic heterocycles. The molecule has 1 aromatic rings. The van der Waals surface area contributed by atoms with E-state index in [0.717, 1.165) is 24.3 Å². The topological polar surface area (TPSA) is 75.9 Å². The minimum atomic E-state index is -0.232. The first kappa shape index (κ1) is 20.5. The number of likely N-dealkylation sites (tertiary alicyclic amines) is 2. The molecule has 2 amide bonds. The van der Waals surface area contributed by atoms with Gasteiger partial charge in [0.25, 0.3) is 0 Å². The number of carbonyl (C=O) groups is 2. The summed E-state index contributed by atoms with van der Waals surface area (Å²) in [5.41, 5.74) is 6.79. The molecular weight excluding hydrogens is 354 g/mol. The quantitative estimate of drug-likeness (QED) is 0.841. The standard InChI is InChI=1S/C19H27N3O3.ClH/c1-13-7-15(9-20)11-22(13)19(24)16-8-18(23)21(12-16)10-14-3-5-17(25-2)6-4-14;/h3-6,13,15-16H,7-12,20H2,1-2H3;1H. The molecule has 3 unspecified atom stereocenters. The van der Waals surface area contributed by atoms with Gasteiger partial charge in [-0.2, -0.15) is 0 Å². The van der Waals surface area contributed by atoms with Crippen molar-refractivity contribution >= 4 is 24.2 Å². The first-order valence-electron chi connectivity index (χ1n) is 8.93. The van der Waals surface area contributed by atoms with Crippen LogP contribution in [-0.2, 0) is 16.1 Å². The molecule has 0 radical (unpaired) electrons. The Balaban J connectivity index is 0.00000243. The molecule has 3 atom stereocenters. The summed E-state index contributed by atoms with van der Waals surface area (Å²) >= 11 is 0. The number of rotatable bonds is 5. The van der Waals surface area contributed by atoms with Gasteiger partial charge in [-0.25, -0.2) is 0 Å². The van der Waals surface area contributed by atoms with E-state index in [2.05, 4.69) is 6.92 Å². The van der Waals surface area contributed by atoms with Crippen LogP contribution in [0.3, 0.4) is 0 Å². The van der Waals surface area contributed by atoms with Crippen LogP contribution in [0.2, 0.25) is 0 Å². The largest absolute Gasteiger partial charge is 0.497 e. The third-order valence-corrected chi connectivity index (χ3v) is 5.37. The first-order chi connectivity index (χ1) is 12.0. The molecule has 0 spiro atoms. The summed E-state index contributed by atoms with van der Waals surface area (Å²) < 4.78 is 5.15. The third kappa shape index (κ3) is 4.30. The van der Waals surface area contributed by atoms with Crippen molar-refractivity contribution in [1.82, 2.24) is 9.80 Å². The summed E-state index contributed by atoms with van der Waals surface area (Å²) in [5.74, 6) is 1.10. The predicted molar refractivity (Wildman–Crippen MR) is 102 cm³/mol. The molecule has 2 heterocycles. The van der Waals surface area contributed by atoms with E-state index in [1.807, 2.05) is 29.2 Å². The van der Waals surface area contributed by atoms with E-state index in [4.69, 9.17) is 10.5 Å². The number of benzene rings is 1. The van der Waals surface area contributed by atoms with E-state index in [0.29, 0.717) is 32.0 Å². The number of nitrogens with two attached hydrogens (primary N) is 1. The van der Waals surface area contributed by atoms with Gasteiger partial charge in [0.1, 0.15) is 5.75 Å². The highest BCUT2D eigenvalue weighted by molar-refractivity contribution is 5.89. The second-order valence-electron chi connectivity index (χ2n) is 7.20. The Morgan fingerprint density at radius 3 is 2.54 bits per heavy atom. The third-order valence-electron chi connectivity index (χ3n) is 5.37. The normalized spacial score (nSPS) is 25.3. The van der Waals surface area contributed by atoms with Crippen LogP contribution in [0.1, 0.15) is 25.3 Å². The van der Waals surface area contributed by atoms with Crippen molar-refractivity contribution in [2.24, 2.45) is 17.6 Å². The van der Waals surface area contributed by atoms with Crippen LogP contribution in [0.5, 0.6) is 5.75 Å². The van der Waals surface area contributed by atoms with Crippen LogP contribution in [-0.4, -0.2) is 54.4 Å². The monoisotopic (exact) mass is 381 g/mol. The average Bonchev–Trinajstić information content (AvgIpc) is 3.18. The lowest BCUT2D eigenvalue weighted by atomic mass is 10.1.